The van der Waals surface area contributed by atoms with E-state index in [0.717, 1.165) is 86.9 Å². The summed E-state index contributed by atoms with van der Waals surface area (Å²) in [6.07, 6.45) is 4.63. The number of rotatable bonds is 14. The Bertz CT molecular complexity index is 1130. The molecule has 1 aliphatic rings. The Balaban J connectivity index is 1.24. The van der Waals surface area contributed by atoms with Crippen LogP contribution in [0.1, 0.15) is 36.1 Å². The van der Waals surface area contributed by atoms with Gasteiger partial charge in [0.2, 0.25) is 0 Å². The summed E-state index contributed by atoms with van der Waals surface area (Å²) in [5.41, 5.74) is 5.71. The van der Waals surface area contributed by atoms with Crippen molar-refractivity contribution >= 4 is 0 Å². The van der Waals surface area contributed by atoms with E-state index >= 15 is 0 Å². The molecule has 1 fully saturated rings. The summed E-state index contributed by atoms with van der Waals surface area (Å²) < 4.78 is 14.3. The second kappa shape index (κ2) is 13.6. The number of β-amino-alcohol motifs (C(OH)–C–C–N with tert-alkyl or cyclic N) is 1. The molecule has 4 rings (SSSR count). The Kier molecular flexibility index (Phi) is 9.99. The van der Waals surface area contributed by atoms with Gasteiger partial charge in [-0.15, -0.1) is 0 Å². The van der Waals surface area contributed by atoms with E-state index in [1.165, 1.54) is 11.1 Å². The van der Waals surface area contributed by atoms with E-state index in [2.05, 4.69) is 65.6 Å². The number of nitrogens with one attached hydrogen (secondary N) is 1. The van der Waals surface area contributed by atoms with Crippen LogP contribution in [0.5, 0.6) is 11.5 Å². The number of aliphatic hydroxyl groups excluding tert-OH is 1. The smallest absolute Gasteiger partial charge is 0.122 e. The first-order chi connectivity index (χ1) is 18.0. The number of nitrogens with zero attached hydrogens (tertiary/aromatic N) is 3. The van der Waals surface area contributed by atoms with Gasteiger partial charge in [0, 0.05) is 32.4 Å². The summed E-state index contributed by atoms with van der Waals surface area (Å²) in [5, 5.41) is 17.6. The van der Waals surface area contributed by atoms with Gasteiger partial charge < -0.3 is 24.8 Å². The van der Waals surface area contributed by atoms with E-state index in [9.17, 15) is 5.11 Å². The minimum Gasteiger partial charge on any atom is -0.493 e. The maximum atomic E-state index is 9.69. The summed E-state index contributed by atoms with van der Waals surface area (Å²) >= 11 is 0. The number of ether oxygens (including phenoxy) is 2. The van der Waals surface area contributed by atoms with Crippen LogP contribution in [0.15, 0.2) is 48.7 Å². The molecular formula is C30H42N4O3. The molecule has 1 atom stereocenters. The molecule has 7 nitrogen and oxygen atoms in total. The van der Waals surface area contributed by atoms with Gasteiger partial charge in [0.25, 0.3) is 0 Å². The van der Waals surface area contributed by atoms with Crippen LogP contribution in [-0.4, -0.2) is 71.8 Å². The van der Waals surface area contributed by atoms with Crippen molar-refractivity contribution in [2.75, 3.05) is 45.9 Å². The van der Waals surface area contributed by atoms with Crippen LogP contribution < -0.4 is 14.8 Å². The lowest BCUT2D eigenvalue weighted by Gasteiger charge is -2.18. The third kappa shape index (κ3) is 7.81. The Morgan fingerprint density at radius 1 is 0.892 bits per heavy atom. The number of hydrogen-bond acceptors (Lipinski definition) is 6. The lowest BCUT2D eigenvalue weighted by atomic mass is 9.95. The Hall–Kier alpha value is -2.87. The highest BCUT2D eigenvalue weighted by atomic mass is 16.5. The average Bonchev–Trinajstić information content (AvgIpc) is 3.50. The first kappa shape index (κ1) is 27.2. The fraction of sp³-hybridized carbons (Fsp3) is 0.500. The molecule has 0 aliphatic carbocycles. The minimum absolute atomic E-state index is 0.165. The SMILES string of the molecule is Cc1ccn(CCNCCCOc2cccc(-c3cccc(OCCCN4CCC(O)C4)c3C)c2C)n1. The van der Waals surface area contributed by atoms with Crippen LogP contribution in [-0.2, 0) is 6.54 Å². The van der Waals surface area contributed by atoms with Crippen LogP contribution in [0, 0.1) is 20.8 Å². The molecule has 0 bridgehead atoms. The number of benzene rings is 2. The highest BCUT2D eigenvalue weighted by Gasteiger charge is 2.19. The van der Waals surface area contributed by atoms with Gasteiger partial charge in [-0.1, -0.05) is 24.3 Å². The van der Waals surface area contributed by atoms with E-state index in [1.807, 2.05) is 23.9 Å². The first-order valence-corrected chi connectivity index (χ1v) is 13.6. The van der Waals surface area contributed by atoms with Gasteiger partial charge in [0.05, 0.1) is 31.6 Å². The molecule has 0 radical (unpaired) electrons. The van der Waals surface area contributed by atoms with Crippen molar-refractivity contribution < 1.29 is 14.6 Å². The second-order valence-electron chi connectivity index (χ2n) is 9.97. The van der Waals surface area contributed by atoms with Gasteiger partial charge in [0.15, 0.2) is 0 Å². The van der Waals surface area contributed by atoms with E-state index in [4.69, 9.17) is 9.47 Å². The number of aromatic nitrogens is 2. The van der Waals surface area contributed by atoms with Gasteiger partial charge in [0.1, 0.15) is 11.5 Å². The summed E-state index contributed by atoms with van der Waals surface area (Å²) in [4.78, 5) is 2.31. The van der Waals surface area contributed by atoms with Crippen molar-refractivity contribution in [1.29, 1.82) is 0 Å². The lowest BCUT2D eigenvalue weighted by Crippen LogP contribution is -2.24. The van der Waals surface area contributed by atoms with Crippen molar-refractivity contribution in [2.45, 2.75) is 52.7 Å². The third-order valence-electron chi connectivity index (χ3n) is 7.03. The molecular weight excluding hydrogens is 464 g/mol. The Morgan fingerprint density at radius 3 is 2.16 bits per heavy atom. The molecule has 37 heavy (non-hydrogen) atoms. The standard InChI is InChI=1S/C30H42N4O3/c1-23-12-18-34(32-23)19-15-31-14-6-20-36-29-10-4-8-27(24(29)2)28-9-5-11-30(25(28)3)37-21-7-16-33-17-13-26(35)22-33/h4-5,8-12,18,26,31,35H,6-7,13-17,19-22H2,1-3H3. The lowest BCUT2D eigenvalue weighted by molar-refractivity contribution is 0.173. The van der Waals surface area contributed by atoms with Crippen LogP contribution >= 0.6 is 0 Å². The molecule has 1 aromatic heterocycles. The van der Waals surface area contributed by atoms with E-state index in [-0.39, 0.29) is 6.10 Å². The number of hydrogen-bond donors (Lipinski definition) is 2. The maximum absolute atomic E-state index is 9.69. The number of likely N-dealkylation sites (tertiary alicyclic amines) is 1. The minimum atomic E-state index is -0.165. The summed E-state index contributed by atoms with van der Waals surface area (Å²) in [7, 11) is 0. The predicted molar refractivity (Wildman–Crippen MR) is 148 cm³/mol. The molecule has 1 saturated heterocycles. The third-order valence-corrected chi connectivity index (χ3v) is 7.03. The molecule has 1 aliphatic heterocycles. The van der Waals surface area contributed by atoms with Gasteiger partial charge in [-0.2, -0.15) is 5.10 Å². The molecule has 2 aromatic carbocycles. The molecule has 0 saturated carbocycles. The van der Waals surface area contributed by atoms with E-state index < -0.39 is 0 Å². The van der Waals surface area contributed by atoms with Crippen LogP contribution in [0.25, 0.3) is 11.1 Å². The topological polar surface area (TPSA) is 71.8 Å². The summed E-state index contributed by atoms with van der Waals surface area (Å²) in [6.45, 7) is 13.0. The molecule has 7 heteroatoms. The van der Waals surface area contributed by atoms with Gasteiger partial charge in [-0.3, -0.25) is 4.68 Å². The fourth-order valence-corrected chi connectivity index (χ4v) is 4.90. The molecule has 3 aromatic rings. The zero-order chi connectivity index (χ0) is 26.0. The van der Waals surface area contributed by atoms with Crippen LogP contribution in [0.4, 0.5) is 0 Å². The van der Waals surface area contributed by atoms with E-state index in [0.29, 0.717) is 13.2 Å². The molecule has 2 N–H and O–H groups in total. The highest BCUT2D eigenvalue weighted by Crippen LogP contribution is 2.35. The van der Waals surface area contributed by atoms with E-state index in [1.54, 1.807) is 0 Å². The highest BCUT2D eigenvalue weighted by molar-refractivity contribution is 5.74. The zero-order valence-corrected chi connectivity index (χ0v) is 22.6. The number of aliphatic hydroxyl groups is 1. The summed E-state index contributed by atoms with van der Waals surface area (Å²) in [6, 6.07) is 14.6. The maximum Gasteiger partial charge on any atom is 0.122 e. The number of aryl methyl sites for hydroxylation is 1. The zero-order valence-electron chi connectivity index (χ0n) is 22.6. The first-order valence-electron chi connectivity index (χ1n) is 13.6. The monoisotopic (exact) mass is 506 g/mol. The molecule has 0 spiro atoms. The molecule has 1 unspecified atom stereocenters. The van der Waals surface area contributed by atoms with Crippen molar-refractivity contribution in [3.8, 4) is 22.6 Å². The second-order valence-corrected chi connectivity index (χ2v) is 9.97. The quantitative estimate of drug-likeness (QED) is 0.317. The fourth-order valence-electron chi connectivity index (χ4n) is 4.90. The normalized spacial score (nSPS) is 15.8. The Morgan fingerprint density at radius 2 is 1.57 bits per heavy atom. The van der Waals surface area contributed by atoms with Gasteiger partial charge in [-0.25, -0.2) is 0 Å². The van der Waals surface area contributed by atoms with Crippen molar-refractivity contribution in [2.24, 2.45) is 0 Å². The van der Waals surface area contributed by atoms with Crippen molar-refractivity contribution in [3.05, 3.63) is 65.5 Å². The molecule has 0 amide bonds. The summed E-state index contributed by atoms with van der Waals surface area (Å²) in [5.74, 6) is 1.86. The largest absolute Gasteiger partial charge is 0.493 e. The van der Waals surface area contributed by atoms with Crippen molar-refractivity contribution in [3.63, 3.8) is 0 Å². The van der Waals surface area contributed by atoms with Crippen LogP contribution in [0.2, 0.25) is 0 Å². The predicted octanol–water partition coefficient (Wildman–Crippen LogP) is 4.37. The Labute approximate surface area is 221 Å². The van der Waals surface area contributed by atoms with Crippen molar-refractivity contribution in [1.82, 2.24) is 20.0 Å². The average molecular weight is 507 g/mol. The van der Waals surface area contributed by atoms with Gasteiger partial charge in [-0.05, 0) is 87.0 Å². The van der Waals surface area contributed by atoms with Crippen LogP contribution in [0.3, 0.4) is 0 Å². The van der Waals surface area contributed by atoms with Gasteiger partial charge >= 0.3 is 0 Å². The molecule has 2 heterocycles. The molecule has 200 valence electrons.